The molecule has 1 N–H and O–H groups in total. The number of benzene rings is 1. The van der Waals surface area contributed by atoms with Gasteiger partial charge in [0.05, 0.1) is 28.6 Å². The van der Waals surface area contributed by atoms with Crippen LogP contribution in [-0.4, -0.2) is 24.7 Å². The van der Waals surface area contributed by atoms with Crippen molar-refractivity contribution in [3.63, 3.8) is 0 Å². The molecule has 0 saturated heterocycles. The Morgan fingerprint density at radius 2 is 2.17 bits per heavy atom. The molecule has 1 heterocycles. The Labute approximate surface area is 161 Å². The molecule has 0 aliphatic carbocycles. The van der Waals surface area contributed by atoms with Crippen molar-refractivity contribution in [3.05, 3.63) is 43.3 Å². The van der Waals surface area contributed by atoms with Gasteiger partial charge in [0, 0.05) is 15.6 Å². The van der Waals surface area contributed by atoms with E-state index < -0.39 is 5.82 Å². The SMILES string of the molecule is COc1cc(I)c(OCC(C)Nc2c(F)cc(Cl)cc2Br)cn1. The number of methoxy groups -OCH3 is 1. The predicted octanol–water partition coefficient (Wildman–Crippen LogP) is 5.13. The van der Waals surface area contributed by atoms with Gasteiger partial charge in [0.25, 0.3) is 0 Å². The smallest absolute Gasteiger partial charge is 0.214 e. The number of hydrogen-bond donors (Lipinski definition) is 1. The number of aromatic nitrogens is 1. The van der Waals surface area contributed by atoms with Gasteiger partial charge >= 0.3 is 0 Å². The zero-order valence-electron chi connectivity index (χ0n) is 12.4. The molecule has 124 valence electrons. The lowest BCUT2D eigenvalue weighted by Gasteiger charge is -2.18. The second kappa shape index (κ2) is 8.34. The lowest BCUT2D eigenvalue weighted by Crippen LogP contribution is -2.24. The average Bonchev–Trinajstić information content (AvgIpc) is 2.49. The highest BCUT2D eigenvalue weighted by molar-refractivity contribution is 14.1. The highest BCUT2D eigenvalue weighted by Crippen LogP contribution is 2.30. The molecule has 1 unspecified atom stereocenters. The van der Waals surface area contributed by atoms with Crippen LogP contribution in [0.4, 0.5) is 10.1 Å². The van der Waals surface area contributed by atoms with Crippen LogP contribution in [0.5, 0.6) is 11.6 Å². The van der Waals surface area contributed by atoms with Crippen molar-refractivity contribution in [2.24, 2.45) is 0 Å². The van der Waals surface area contributed by atoms with Gasteiger partial charge < -0.3 is 14.8 Å². The van der Waals surface area contributed by atoms with Gasteiger partial charge in [0.2, 0.25) is 5.88 Å². The molecule has 0 aliphatic rings. The molecule has 0 aliphatic heterocycles. The molecule has 1 aromatic heterocycles. The lowest BCUT2D eigenvalue weighted by molar-refractivity contribution is 0.298. The van der Waals surface area contributed by atoms with Gasteiger partial charge in [-0.05, 0) is 57.6 Å². The molecule has 8 heteroatoms. The van der Waals surface area contributed by atoms with Crippen LogP contribution in [0.25, 0.3) is 0 Å². The van der Waals surface area contributed by atoms with Crippen LogP contribution in [0.2, 0.25) is 5.02 Å². The van der Waals surface area contributed by atoms with Crippen molar-refractivity contribution < 1.29 is 13.9 Å². The first-order chi connectivity index (χ1) is 10.9. The number of halogens is 4. The molecule has 0 fully saturated rings. The normalized spacial score (nSPS) is 11.9. The topological polar surface area (TPSA) is 43.4 Å². The fourth-order valence-electron chi connectivity index (χ4n) is 1.80. The third kappa shape index (κ3) is 5.09. The fraction of sp³-hybridized carbons (Fsp3) is 0.267. The van der Waals surface area contributed by atoms with E-state index in [1.807, 2.05) is 6.92 Å². The zero-order chi connectivity index (χ0) is 17.0. The van der Waals surface area contributed by atoms with Crippen LogP contribution in [0.15, 0.2) is 28.9 Å². The molecule has 4 nitrogen and oxygen atoms in total. The summed E-state index contributed by atoms with van der Waals surface area (Å²) in [5, 5.41) is 3.40. The van der Waals surface area contributed by atoms with Crippen molar-refractivity contribution >= 4 is 55.8 Å². The predicted molar refractivity (Wildman–Crippen MR) is 101 cm³/mol. The number of nitrogens with one attached hydrogen (secondary N) is 1. The summed E-state index contributed by atoms with van der Waals surface area (Å²) in [7, 11) is 1.56. The summed E-state index contributed by atoms with van der Waals surface area (Å²) in [6.45, 7) is 2.24. The maximum absolute atomic E-state index is 13.9. The fourth-order valence-corrected chi connectivity index (χ4v) is 3.25. The third-order valence-corrected chi connectivity index (χ3v) is 4.58. The minimum atomic E-state index is -0.420. The van der Waals surface area contributed by atoms with Gasteiger partial charge in [-0.3, -0.25) is 0 Å². The van der Waals surface area contributed by atoms with E-state index in [2.05, 4.69) is 48.8 Å². The molecule has 0 saturated carbocycles. The van der Waals surface area contributed by atoms with Crippen molar-refractivity contribution in [2.75, 3.05) is 19.0 Å². The number of ether oxygens (including phenoxy) is 2. The molecule has 0 radical (unpaired) electrons. The number of rotatable bonds is 6. The van der Waals surface area contributed by atoms with Crippen molar-refractivity contribution in [1.29, 1.82) is 0 Å². The van der Waals surface area contributed by atoms with E-state index in [-0.39, 0.29) is 6.04 Å². The zero-order valence-corrected chi connectivity index (χ0v) is 16.9. The van der Waals surface area contributed by atoms with Crippen LogP contribution in [0.1, 0.15) is 6.92 Å². The molecule has 0 spiro atoms. The minimum Gasteiger partial charge on any atom is -0.489 e. The number of anilines is 1. The second-order valence-electron chi connectivity index (χ2n) is 4.76. The van der Waals surface area contributed by atoms with E-state index in [0.717, 1.165) is 3.57 Å². The van der Waals surface area contributed by atoms with Crippen LogP contribution >= 0.6 is 50.1 Å². The minimum absolute atomic E-state index is 0.125. The Morgan fingerprint density at radius 1 is 1.43 bits per heavy atom. The number of pyridine rings is 1. The van der Waals surface area contributed by atoms with Crippen LogP contribution in [0, 0.1) is 9.39 Å². The quantitative estimate of drug-likeness (QED) is 0.542. The van der Waals surface area contributed by atoms with E-state index in [4.69, 9.17) is 21.1 Å². The van der Waals surface area contributed by atoms with E-state index in [0.29, 0.717) is 33.4 Å². The molecule has 23 heavy (non-hydrogen) atoms. The average molecular weight is 516 g/mol. The summed E-state index contributed by atoms with van der Waals surface area (Å²) in [5.41, 5.74) is 0.355. The van der Waals surface area contributed by atoms with Crippen molar-refractivity contribution in [2.45, 2.75) is 13.0 Å². The van der Waals surface area contributed by atoms with E-state index >= 15 is 0 Å². The van der Waals surface area contributed by atoms with Crippen molar-refractivity contribution in [3.8, 4) is 11.6 Å². The summed E-state index contributed by atoms with van der Waals surface area (Å²) in [6, 6.07) is 4.55. The van der Waals surface area contributed by atoms with Gasteiger partial charge in [0.15, 0.2) is 5.75 Å². The Bertz CT molecular complexity index is 682. The molecule has 1 aromatic carbocycles. The Kier molecular flexibility index (Phi) is 6.72. The van der Waals surface area contributed by atoms with E-state index in [1.165, 1.54) is 6.07 Å². The Hall–Kier alpha value is -0.800. The Morgan fingerprint density at radius 3 is 2.78 bits per heavy atom. The summed E-state index contributed by atoms with van der Waals surface area (Å²) in [6.07, 6.45) is 1.60. The summed E-state index contributed by atoms with van der Waals surface area (Å²) in [5.74, 6) is 0.757. The highest BCUT2D eigenvalue weighted by Gasteiger charge is 2.13. The van der Waals surface area contributed by atoms with Gasteiger partial charge in [0.1, 0.15) is 12.4 Å². The first-order valence-electron chi connectivity index (χ1n) is 6.64. The molecule has 0 amide bonds. The molecule has 2 aromatic rings. The summed E-state index contributed by atoms with van der Waals surface area (Å²) in [4.78, 5) is 4.10. The molecule has 1 atom stereocenters. The Balaban J connectivity index is 1.99. The molecular weight excluding hydrogens is 501 g/mol. The van der Waals surface area contributed by atoms with Crippen LogP contribution in [-0.2, 0) is 0 Å². The summed E-state index contributed by atoms with van der Waals surface area (Å²) < 4.78 is 26.2. The van der Waals surface area contributed by atoms with Gasteiger partial charge in [-0.25, -0.2) is 9.37 Å². The van der Waals surface area contributed by atoms with E-state index in [1.54, 1.807) is 25.4 Å². The highest BCUT2D eigenvalue weighted by atomic mass is 127. The van der Waals surface area contributed by atoms with Gasteiger partial charge in [-0.2, -0.15) is 0 Å². The first-order valence-corrected chi connectivity index (χ1v) is 8.89. The van der Waals surface area contributed by atoms with Crippen LogP contribution in [0.3, 0.4) is 0 Å². The molecule has 0 bridgehead atoms. The number of hydrogen-bond acceptors (Lipinski definition) is 4. The van der Waals surface area contributed by atoms with Gasteiger partial charge in [-0.1, -0.05) is 11.6 Å². The standard InChI is InChI=1S/C15H14BrClFIN2O2/c1-8(21-15-10(16)3-9(17)4-11(15)18)7-23-13-6-20-14(22-2)5-12(13)19/h3-6,8,21H,7H2,1-2H3. The number of nitrogens with zero attached hydrogens (tertiary/aromatic N) is 1. The van der Waals surface area contributed by atoms with Crippen molar-refractivity contribution in [1.82, 2.24) is 4.98 Å². The largest absolute Gasteiger partial charge is 0.489 e. The van der Waals surface area contributed by atoms with Crippen LogP contribution < -0.4 is 14.8 Å². The van der Waals surface area contributed by atoms with E-state index in [9.17, 15) is 4.39 Å². The third-order valence-electron chi connectivity index (χ3n) is 2.89. The second-order valence-corrected chi connectivity index (χ2v) is 7.21. The maximum Gasteiger partial charge on any atom is 0.214 e. The molecular formula is C15H14BrClFIN2O2. The lowest BCUT2D eigenvalue weighted by atomic mass is 10.2. The summed E-state index contributed by atoms with van der Waals surface area (Å²) >= 11 is 11.2. The molecule has 2 rings (SSSR count). The maximum atomic E-state index is 13.9. The first kappa shape index (κ1) is 18.5. The van der Waals surface area contributed by atoms with Gasteiger partial charge in [-0.15, -0.1) is 0 Å². The monoisotopic (exact) mass is 514 g/mol.